The van der Waals surface area contributed by atoms with Crippen LogP contribution in [0.4, 0.5) is 0 Å². The third-order valence-corrected chi connectivity index (χ3v) is 7.81. The third kappa shape index (κ3) is 4.17. The summed E-state index contributed by atoms with van der Waals surface area (Å²) in [5.41, 5.74) is -2.42. The quantitative estimate of drug-likeness (QED) is 0.178. The minimum atomic E-state index is -2.08. The van der Waals surface area contributed by atoms with Crippen molar-refractivity contribution >= 4 is 17.9 Å². The molecule has 0 bridgehead atoms. The number of carbonyl (C=O) groups excluding carboxylic acids is 3. The molecule has 0 radical (unpaired) electrons. The Morgan fingerprint density at radius 3 is 2.35 bits per heavy atom. The first-order chi connectivity index (χ1) is 15.8. The lowest BCUT2D eigenvalue weighted by Crippen LogP contribution is -2.66. The Hall–Kier alpha value is -2.27. The molecule has 0 spiro atoms. The summed E-state index contributed by atoms with van der Waals surface area (Å²) in [6, 6.07) is 0. The highest BCUT2D eigenvalue weighted by Gasteiger charge is 2.67. The van der Waals surface area contributed by atoms with Crippen LogP contribution < -0.4 is 0 Å². The van der Waals surface area contributed by atoms with E-state index in [4.69, 9.17) is 14.2 Å². The number of ether oxygens (including phenoxy) is 3. The maximum atomic E-state index is 12.5. The monoisotopic (exact) mass is 482 g/mol. The third-order valence-electron chi connectivity index (χ3n) is 7.81. The molecule has 2 aliphatic carbocycles. The number of aliphatic hydroxyl groups is 2. The average Bonchev–Trinajstić information content (AvgIpc) is 2.96. The van der Waals surface area contributed by atoms with Crippen molar-refractivity contribution in [2.45, 2.75) is 90.0 Å². The van der Waals surface area contributed by atoms with Gasteiger partial charge in [0.2, 0.25) is 0 Å². The van der Waals surface area contributed by atoms with Gasteiger partial charge < -0.3 is 24.4 Å². The molecule has 10 nitrogen and oxygen atoms in total. The second-order valence-electron chi connectivity index (χ2n) is 9.91. The highest BCUT2D eigenvalue weighted by atomic mass is 17.1. The van der Waals surface area contributed by atoms with Gasteiger partial charge in [-0.1, -0.05) is 19.1 Å². The van der Waals surface area contributed by atoms with E-state index in [9.17, 15) is 29.9 Å². The van der Waals surface area contributed by atoms with Gasteiger partial charge in [-0.15, -0.1) is 0 Å². The van der Waals surface area contributed by atoms with Gasteiger partial charge in [-0.05, 0) is 38.3 Å². The Morgan fingerprint density at radius 2 is 1.79 bits per heavy atom. The van der Waals surface area contributed by atoms with Crippen LogP contribution in [0.1, 0.15) is 53.9 Å². The molecule has 3 aliphatic rings. The van der Waals surface area contributed by atoms with Crippen molar-refractivity contribution in [2.75, 3.05) is 0 Å². The summed E-state index contributed by atoms with van der Waals surface area (Å²) in [5, 5.41) is 33.2. The van der Waals surface area contributed by atoms with Gasteiger partial charge in [0.15, 0.2) is 6.10 Å². The van der Waals surface area contributed by atoms with E-state index in [2.05, 4.69) is 11.5 Å². The molecule has 1 aliphatic heterocycles. The highest BCUT2D eigenvalue weighted by molar-refractivity contribution is 5.77. The van der Waals surface area contributed by atoms with E-state index in [1.165, 1.54) is 20.8 Å². The molecular formula is C24H34O10. The number of esters is 3. The maximum Gasteiger partial charge on any atom is 0.312 e. The molecule has 1 unspecified atom stereocenters. The molecule has 1 saturated carbocycles. The normalized spacial score (nSPS) is 44.1. The SMILES string of the molecule is C=C1C2[C@H](O)[C@@]3(O)[C@H](/C=C(/C)CC[C@H](OC(C)=O)[C@@]2(C)[C@@H](OC(C)=O)C[C@@H]1OO)OC(=O)[C@@H]3C. The minimum absolute atomic E-state index is 0.0198. The second-order valence-corrected chi connectivity index (χ2v) is 9.91. The van der Waals surface area contributed by atoms with Gasteiger partial charge in [0.05, 0.1) is 17.4 Å². The van der Waals surface area contributed by atoms with Crippen LogP contribution in [0, 0.1) is 17.3 Å². The van der Waals surface area contributed by atoms with Gasteiger partial charge in [0.25, 0.3) is 0 Å². The Bertz CT molecular complexity index is 896. The van der Waals surface area contributed by atoms with Crippen molar-refractivity contribution in [3.05, 3.63) is 23.8 Å². The van der Waals surface area contributed by atoms with Crippen molar-refractivity contribution in [3.8, 4) is 0 Å². The predicted molar refractivity (Wildman–Crippen MR) is 117 cm³/mol. The first-order valence-electron chi connectivity index (χ1n) is 11.4. The summed E-state index contributed by atoms with van der Waals surface area (Å²) in [7, 11) is 0. The molecule has 9 atom stereocenters. The summed E-state index contributed by atoms with van der Waals surface area (Å²) in [5.74, 6) is -4.11. The summed E-state index contributed by atoms with van der Waals surface area (Å²) >= 11 is 0. The molecule has 1 heterocycles. The minimum Gasteiger partial charge on any atom is -0.462 e. The molecule has 0 aromatic rings. The van der Waals surface area contributed by atoms with Gasteiger partial charge in [0.1, 0.15) is 23.9 Å². The van der Waals surface area contributed by atoms with Gasteiger partial charge in [-0.3, -0.25) is 19.6 Å². The number of rotatable bonds is 3. The van der Waals surface area contributed by atoms with Gasteiger partial charge >= 0.3 is 17.9 Å². The van der Waals surface area contributed by atoms with E-state index < -0.39 is 71.3 Å². The smallest absolute Gasteiger partial charge is 0.312 e. The lowest BCUT2D eigenvalue weighted by atomic mass is 9.54. The second kappa shape index (κ2) is 9.41. The molecule has 34 heavy (non-hydrogen) atoms. The average molecular weight is 483 g/mol. The highest BCUT2D eigenvalue weighted by Crippen LogP contribution is 2.55. The first kappa shape index (κ1) is 26.3. The maximum absolute atomic E-state index is 12.5. The van der Waals surface area contributed by atoms with E-state index in [0.717, 1.165) is 5.57 Å². The Morgan fingerprint density at radius 1 is 1.21 bits per heavy atom. The van der Waals surface area contributed by atoms with Gasteiger partial charge in [0, 0.05) is 26.2 Å². The Kier molecular flexibility index (Phi) is 7.29. The Balaban J connectivity index is 2.28. The van der Waals surface area contributed by atoms with Crippen molar-refractivity contribution in [3.63, 3.8) is 0 Å². The molecule has 190 valence electrons. The molecule has 0 aromatic heterocycles. The van der Waals surface area contributed by atoms with E-state index >= 15 is 0 Å². The number of allylic oxidation sites excluding steroid dienone is 1. The fourth-order valence-corrected chi connectivity index (χ4v) is 5.85. The lowest BCUT2D eigenvalue weighted by molar-refractivity contribution is -0.294. The topological polar surface area (TPSA) is 149 Å². The summed E-state index contributed by atoms with van der Waals surface area (Å²) in [4.78, 5) is 41.3. The molecule has 3 rings (SSSR count). The van der Waals surface area contributed by atoms with Gasteiger partial charge in [-0.2, -0.15) is 0 Å². The first-order valence-corrected chi connectivity index (χ1v) is 11.4. The van der Waals surface area contributed by atoms with Crippen molar-refractivity contribution < 1.29 is 49.0 Å². The number of carbonyl (C=O) groups is 3. The standard InChI is InChI=1S/C24H34O10/c1-11-7-8-17(31-14(4)25)23(6)18(32-15(5)26)10-16(34-30)12(2)20(23)21(27)24(29)13(3)22(28)33-19(24)9-11/h9,13,16-21,27,29-30H,2,7-8,10H2,1,3-6H3/b11-9-/t13-,16-,17-,18-,19-,20?,21-,23-,24-/m0/s1. The summed E-state index contributed by atoms with van der Waals surface area (Å²) < 4.78 is 16.8. The summed E-state index contributed by atoms with van der Waals surface area (Å²) in [6.45, 7) is 11.4. The van der Waals surface area contributed by atoms with Crippen LogP contribution in [0.2, 0.25) is 0 Å². The van der Waals surface area contributed by atoms with E-state index in [0.29, 0.717) is 12.8 Å². The van der Waals surface area contributed by atoms with Crippen LogP contribution >= 0.6 is 0 Å². The van der Waals surface area contributed by atoms with Crippen LogP contribution in [0.3, 0.4) is 0 Å². The van der Waals surface area contributed by atoms with E-state index in [-0.39, 0.29) is 12.0 Å². The fraction of sp³-hybridized carbons (Fsp3) is 0.708. The van der Waals surface area contributed by atoms with Gasteiger partial charge in [-0.25, -0.2) is 4.89 Å². The fourth-order valence-electron chi connectivity index (χ4n) is 5.85. The molecule has 1 saturated heterocycles. The zero-order valence-electron chi connectivity index (χ0n) is 20.1. The zero-order chi connectivity index (χ0) is 25.6. The number of hydrogen-bond acceptors (Lipinski definition) is 10. The van der Waals surface area contributed by atoms with Crippen LogP contribution in [-0.2, 0) is 33.5 Å². The number of hydrogen-bond donors (Lipinski definition) is 3. The van der Waals surface area contributed by atoms with Crippen LogP contribution in [0.15, 0.2) is 23.8 Å². The van der Waals surface area contributed by atoms with E-state index in [1.807, 2.05) is 0 Å². The molecule has 0 amide bonds. The molecule has 2 fully saturated rings. The van der Waals surface area contributed by atoms with Crippen LogP contribution in [0.25, 0.3) is 0 Å². The van der Waals surface area contributed by atoms with Crippen molar-refractivity contribution in [1.29, 1.82) is 0 Å². The largest absolute Gasteiger partial charge is 0.462 e. The molecule has 3 N–H and O–H groups in total. The molecule has 10 heteroatoms. The van der Waals surface area contributed by atoms with Crippen molar-refractivity contribution in [1.82, 2.24) is 0 Å². The molecule has 0 aromatic carbocycles. The predicted octanol–water partition coefficient (Wildman–Crippen LogP) is 1.68. The summed E-state index contributed by atoms with van der Waals surface area (Å²) in [6.07, 6.45) is -3.47. The van der Waals surface area contributed by atoms with Crippen molar-refractivity contribution in [2.24, 2.45) is 17.3 Å². The zero-order valence-corrected chi connectivity index (χ0v) is 20.1. The van der Waals surface area contributed by atoms with E-state index in [1.54, 1.807) is 19.9 Å². The van der Waals surface area contributed by atoms with Crippen LogP contribution in [0.5, 0.6) is 0 Å². The number of fused-ring (bicyclic) bond motifs is 2. The number of aliphatic hydroxyl groups excluding tert-OH is 1. The molecular weight excluding hydrogens is 448 g/mol. The van der Waals surface area contributed by atoms with Crippen LogP contribution in [-0.4, -0.2) is 69.5 Å². The Labute approximate surface area is 198 Å². The lowest BCUT2D eigenvalue weighted by Gasteiger charge is -2.56.